The molecule has 2 aliphatic carbocycles. The highest BCUT2D eigenvalue weighted by Gasteiger charge is 2.50. The van der Waals surface area contributed by atoms with Gasteiger partial charge in [0.25, 0.3) is 5.69 Å². The molecule has 0 saturated heterocycles. The number of fused-ring (bicyclic) bond motifs is 2. The molecule has 1 spiro atoms. The van der Waals surface area contributed by atoms with Crippen molar-refractivity contribution >= 4 is 17.3 Å². The average Bonchev–Trinajstić information content (AvgIpc) is 3.08. The Morgan fingerprint density at radius 2 is 1.95 bits per heavy atom. The highest BCUT2D eigenvalue weighted by molar-refractivity contribution is 6.07. The Hall–Kier alpha value is -1.91. The fourth-order valence-corrected chi connectivity index (χ4v) is 3.82. The largest absolute Gasteiger partial charge is 0.325 e. The standard InChI is InChI=1S/C15H16N2O3/c18-14-15(5-1-2-6-15)12-8-10(17(19)20)7-11(9-3-4-9)13(12)16-14/h7-9H,1-6H2,(H,16,18). The number of anilines is 1. The van der Waals surface area contributed by atoms with E-state index in [2.05, 4.69) is 5.32 Å². The Balaban J connectivity index is 1.94. The van der Waals surface area contributed by atoms with Gasteiger partial charge in [-0.1, -0.05) is 12.8 Å². The van der Waals surface area contributed by atoms with Crippen LogP contribution in [0.3, 0.4) is 0 Å². The monoisotopic (exact) mass is 272 g/mol. The number of amides is 1. The molecule has 20 heavy (non-hydrogen) atoms. The maximum absolute atomic E-state index is 12.5. The number of nitrogens with one attached hydrogen (secondary N) is 1. The Labute approximate surface area is 116 Å². The van der Waals surface area contributed by atoms with Gasteiger partial charge in [0, 0.05) is 17.8 Å². The van der Waals surface area contributed by atoms with Crippen molar-refractivity contribution in [3.8, 4) is 0 Å². The van der Waals surface area contributed by atoms with Gasteiger partial charge in [-0.15, -0.1) is 0 Å². The first-order valence-electron chi connectivity index (χ1n) is 7.26. The quantitative estimate of drug-likeness (QED) is 0.663. The molecule has 4 rings (SSSR count). The number of nitrogens with zero attached hydrogens (tertiary/aromatic N) is 1. The second-order valence-corrected chi connectivity index (χ2v) is 6.23. The van der Waals surface area contributed by atoms with E-state index in [1.807, 2.05) is 0 Å². The van der Waals surface area contributed by atoms with Crippen LogP contribution in [-0.2, 0) is 10.2 Å². The van der Waals surface area contributed by atoms with E-state index >= 15 is 0 Å². The topological polar surface area (TPSA) is 72.2 Å². The number of nitro benzene ring substituents is 1. The Bertz CT molecular complexity index is 628. The summed E-state index contributed by atoms with van der Waals surface area (Å²) in [6.45, 7) is 0. The zero-order chi connectivity index (χ0) is 13.9. The van der Waals surface area contributed by atoms with E-state index in [1.54, 1.807) is 12.1 Å². The Kier molecular flexibility index (Phi) is 2.26. The van der Waals surface area contributed by atoms with Gasteiger partial charge in [-0.3, -0.25) is 14.9 Å². The summed E-state index contributed by atoms with van der Waals surface area (Å²) in [4.78, 5) is 23.3. The van der Waals surface area contributed by atoms with Gasteiger partial charge in [0.1, 0.15) is 0 Å². The number of hydrogen-bond donors (Lipinski definition) is 1. The Morgan fingerprint density at radius 1 is 1.25 bits per heavy atom. The molecular formula is C15H16N2O3. The van der Waals surface area contributed by atoms with Gasteiger partial charge in [0.05, 0.1) is 10.3 Å². The van der Waals surface area contributed by atoms with Crippen LogP contribution in [0.5, 0.6) is 0 Å². The van der Waals surface area contributed by atoms with E-state index in [1.165, 1.54) is 0 Å². The van der Waals surface area contributed by atoms with Crippen molar-refractivity contribution in [2.45, 2.75) is 49.9 Å². The number of carbonyl (C=O) groups excluding carboxylic acids is 1. The third-order valence-corrected chi connectivity index (χ3v) is 5.03. The van der Waals surface area contributed by atoms with E-state index < -0.39 is 5.41 Å². The van der Waals surface area contributed by atoms with E-state index in [0.29, 0.717) is 5.92 Å². The van der Waals surface area contributed by atoms with E-state index in [0.717, 1.165) is 55.3 Å². The molecule has 0 atom stereocenters. The second kappa shape index (κ2) is 3.81. The molecule has 0 unspecified atom stereocenters. The van der Waals surface area contributed by atoms with Crippen LogP contribution >= 0.6 is 0 Å². The summed E-state index contributed by atoms with van der Waals surface area (Å²) < 4.78 is 0. The number of non-ortho nitro benzene ring substituents is 1. The van der Waals surface area contributed by atoms with Crippen molar-refractivity contribution in [1.82, 2.24) is 0 Å². The minimum Gasteiger partial charge on any atom is -0.325 e. The summed E-state index contributed by atoms with van der Waals surface area (Å²) in [5.74, 6) is 0.438. The Morgan fingerprint density at radius 3 is 2.55 bits per heavy atom. The third kappa shape index (κ3) is 1.46. The van der Waals surface area contributed by atoms with Crippen molar-refractivity contribution in [2.75, 3.05) is 5.32 Å². The lowest BCUT2D eigenvalue weighted by Gasteiger charge is -2.20. The first-order chi connectivity index (χ1) is 9.62. The lowest BCUT2D eigenvalue weighted by Crippen LogP contribution is -2.30. The first-order valence-corrected chi connectivity index (χ1v) is 7.26. The molecule has 104 valence electrons. The van der Waals surface area contributed by atoms with E-state index in [4.69, 9.17) is 0 Å². The van der Waals surface area contributed by atoms with Crippen LogP contribution in [0.4, 0.5) is 11.4 Å². The molecule has 2 fully saturated rings. The third-order valence-electron chi connectivity index (χ3n) is 5.03. The predicted molar refractivity (Wildman–Crippen MR) is 73.8 cm³/mol. The van der Waals surface area contributed by atoms with Gasteiger partial charge in [0.15, 0.2) is 0 Å². The minimum absolute atomic E-state index is 0.0485. The van der Waals surface area contributed by atoms with Gasteiger partial charge in [-0.25, -0.2) is 0 Å². The van der Waals surface area contributed by atoms with Crippen LogP contribution < -0.4 is 5.32 Å². The second-order valence-electron chi connectivity index (χ2n) is 6.23. The number of rotatable bonds is 2. The summed E-state index contributed by atoms with van der Waals surface area (Å²) >= 11 is 0. The molecule has 1 heterocycles. The molecule has 5 heteroatoms. The smallest absolute Gasteiger partial charge is 0.270 e. The summed E-state index contributed by atoms with van der Waals surface area (Å²) in [5, 5.41) is 14.2. The van der Waals surface area contributed by atoms with Crippen molar-refractivity contribution in [3.63, 3.8) is 0 Å². The molecule has 2 saturated carbocycles. The maximum atomic E-state index is 12.5. The van der Waals surface area contributed by atoms with E-state index in [-0.39, 0.29) is 16.5 Å². The van der Waals surface area contributed by atoms with Gasteiger partial charge in [-0.05, 0) is 42.7 Å². The maximum Gasteiger partial charge on any atom is 0.270 e. The molecule has 0 aromatic heterocycles. The molecule has 1 aromatic rings. The fourth-order valence-electron chi connectivity index (χ4n) is 3.82. The summed E-state index contributed by atoms with van der Waals surface area (Å²) in [6.07, 6.45) is 5.81. The minimum atomic E-state index is -0.495. The summed E-state index contributed by atoms with van der Waals surface area (Å²) in [5.41, 5.74) is 2.38. The highest BCUT2D eigenvalue weighted by Crippen LogP contribution is 2.54. The van der Waals surface area contributed by atoms with Gasteiger partial charge >= 0.3 is 0 Å². The van der Waals surface area contributed by atoms with Crippen molar-refractivity contribution in [1.29, 1.82) is 0 Å². The van der Waals surface area contributed by atoms with Gasteiger partial charge in [-0.2, -0.15) is 0 Å². The molecule has 1 amide bonds. The van der Waals surface area contributed by atoms with Crippen LogP contribution in [0, 0.1) is 10.1 Å². The number of nitro groups is 1. The number of carbonyl (C=O) groups is 1. The number of benzene rings is 1. The summed E-state index contributed by atoms with van der Waals surface area (Å²) in [6, 6.07) is 3.29. The predicted octanol–water partition coefficient (Wildman–Crippen LogP) is 3.24. The SMILES string of the molecule is O=C1Nc2c(C3CC3)cc([N+](=O)[O-])cc2C12CCCC2. The molecule has 1 N–H and O–H groups in total. The zero-order valence-corrected chi connectivity index (χ0v) is 11.1. The van der Waals surface area contributed by atoms with E-state index in [9.17, 15) is 14.9 Å². The lowest BCUT2D eigenvalue weighted by molar-refractivity contribution is -0.385. The lowest BCUT2D eigenvalue weighted by atomic mass is 9.79. The molecule has 1 aromatic carbocycles. The van der Waals surface area contributed by atoms with Gasteiger partial charge in [0.2, 0.25) is 5.91 Å². The van der Waals surface area contributed by atoms with Crippen LogP contribution in [-0.4, -0.2) is 10.8 Å². The van der Waals surface area contributed by atoms with Crippen molar-refractivity contribution in [2.24, 2.45) is 0 Å². The van der Waals surface area contributed by atoms with Crippen molar-refractivity contribution in [3.05, 3.63) is 33.4 Å². The normalized spacial score (nSPS) is 22.9. The molecular weight excluding hydrogens is 256 g/mol. The summed E-state index contributed by atoms with van der Waals surface area (Å²) in [7, 11) is 0. The van der Waals surface area contributed by atoms with Crippen LogP contribution in [0.25, 0.3) is 0 Å². The average molecular weight is 272 g/mol. The van der Waals surface area contributed by atoms with Crippen LogP contribution in [0.15, 0.2) is 12.1 Å². The fraction of sp³-hybridized carbons (Fsp3) is 0.533. The molecule has 0 bridgehead atoms. The number of hydrogen-bond acceptors (Lipinski definition) is 3. The van der Waals surface area contributed by atoms with Crippen molar-refractivity contribution < 1.29 is 9.72 Å². The molecule has 1 aliphatic heterocycles. The first kappa shape index (κ1) is 11.9. The van der Waals surface area contributed by atoms with Gasteiger partial charge < -0.3 is 5.32 Å². The highest BCUT2D eigenvalue weighted by atomic mass is 16.6. The molecule has 0 radical (unpaired) electrons. The van der Waals surface area contributed by atoms with Crippen LogP contribution in [0.2, 0.25) is 0 Å². The van der Waals surface area contributed by atoms with Crippen LogP contribution in [0.1, 0.15) is 55.6 Å². The molecule has 3 aliphatic rings. The molecule has 5 nitrogen and oxygen atoms in total. The zero-order valence-electron chi connectivity index (χ0n) is 11.1.